The van der Waals surface area contributed by atoms with Crippen molar-refractivity contribution in [3.63, 3.8) is 0 Å². The molecule has 0 spiro atoms. The molecule has 2 heterocycles. The molecule has 19 heavy (non-hydrogen) atoms. The van der Waals surface area contributed by atoms with Crippen LogP contribution in [0.2, 0.25) is 0 Å². The van der Waals surface area contributed by atoms with Crippen LogP contribution in [-0.4, -0.2) is 34.9 Å². The molecule has 2 aromatic heterocycles. The van der Waals surface area contributed by atoms with Gasteiger partial charge in [-0.15, -0.1) is 11.3 Å². The Bertz CT molecular complexity index is 602. The molecular formula is C14H15N3OS. The Kier molecular flexibility index (Phi) is 4.06. The standard InChI is InChI=1S/C14H15N3OS/c1-10-12(6-7-13(18)17(2)3)19-14(16-10)11-5-4-8-15-9-11/h4-9H,1-3H3. The molecule has 0 saturated carbocycles. The highest BCUT2D eigenvalue weighted by molar-refractivity contribution is 7.16. The molecule has 0 atom stereocenters. The maximum absolute atomic E-state index is 11.5. The van der Waals surface area contributed by atoms with Gasteiger partial charge in [0.1, 0.15) is 5.01 Å². The quantitative estimate of drug-likeness (QED) is 0.808. The van der Waals surface area contributed by atoms with E-state index in [9.17, 15) is 4.79 Å². The Hall–Kier alpha value is -2.01. The second kappa shape index (κ2) is 5.75. The zero-order chi connectivity index (χ0) is 13.8. The van der Waals surface area contributed by atoms with Gasteiger partial charge in [-0.2, -0.15) is 0 Å². The number of rotatable bonds is 3. The van der Waals surface area contributed by atoms with Crippen LogP contribution in [0.5, 0.6) is 0 Å². The maximum atomic E-state index is 11.5. The minimum Gasteiger partial charge on any atom is -0.345 e. The Morgan fingerprint density at radius 2 is 2.21 bits per heavy atom. The molecule has 0 bridgehead atoms. The summed E-state index contributed by atoms with van der Waals surface area (Å²) in [7, 11) is 3.46. The van der Waals surface area contributed by atoms with Gasteiger partial charge in [0.2, 0.25) is 5.91 Å². The van der Waals surface area contributed by atoms with Gasteiger partial charge < -0.3 is 4.90 Å². The number of pyridine rings is 1. The van der Waals surface area contributed by atoms with E-state index in [4.69, 9.17) is 0 Å². The van der Waals surface area contributed by atoms with E-state index in [-0.39, 0.29) is 5.91 Å². The molecule has 2 aromatic rings. The van der Waals surface area contributed by atoms with Crippen LogP contribution in [0.3, 0.4) is 0 Å². The minimum atomic E-state index is -0.0317. The first-order valence-electron chi connectivity index (χ1n) is 5.85. The van der Waals surface area contributed by atoms with E-state index in [1.54, 1.807) is 43.9 Å². The second-order valence-corrected chi connectivity index (χ2v) is 5.31. The van der Waals surface area contributed by atoms with E-state index in [0.717, 1.165) is 21.1 Å². The van der Waals surface area contributed by atoms with Gasteiger partial charge in [-0.3, -0.25) is 9.78 Å². The van der Waals surface area contributed by atoms with E-state index in [0.29, 0.717) is 0 Å². The van der Waals surface area contributed by atoms with Crippen molar-refractivity contribution in [2.24, 2.45) is 0 Å². The average Bonchev–Trinajstić information content (AvgIpc) is 2.78. The fourth-order valence-corrected chi connectivity index (χ4v) is 2.43. The predicted molar refractivity (Wildman–Crippen MR) is 77.8 cm³/mol. The number of hydrogen-bond acceptors (Lipinski definition) is 4. The molecule has 1 amide bonds. The molecule has 98 valence electrons. The van der Waals surface area contributed by atoms with Crippen LogP contribution < -0.4 is 0 Å². The normalized spacial score (nSPS) is 10.9. The number of thiazole rings is 1. The van der Waals surface area contributed by atoms with Crippen LogP contribution in [-0.2, 0) is 4.79 Å². The molecule has 0 unspecified atom stereocenters. The summed E-state index contributed by atoms with van der Waals surface area (Å²) in [6, 6.07) is 3.86. The summed E-state index contributed by atoms with van der Waals surface area (Å²) in [6.45, 7) is 1.94. The molecule has 0 N–H and O–H groups in total. The Labute approximate surface area is 116 Å². The van der Waals surface area contributed by atoms with Crippen molar-refractivity contribution in [2.75, 3.05) is 14.1 Å². The van der Waals surface area contributed by atoms with E-state index >= 15 is 0 Å². The third-order valence-electron chi connectivity index (χ3n) is 2.56. The highest BCUT2D eigenvalue weighted by Gasteiger charge is 2.08. The van der Waals surface area contributed by atoms with E-state index in [1.807, 2.05) is 25.1 Å². The Morgan fingerprint density at radius 1 is 1.42 bits per heavy atom. The number of likely N-dealkylation sites (N-methyl/N-ethyl adjacent to an activating group) is 1. The van der Waals surface area contributed by atoms with Crippen molar-refractivity contribution in [3.05, 3.63) is 41.2 Å². The van der Waals surface area contributed by atoms with Crippen molar-refractivity contribution < 1.29 is 4.79 Å². The summed E-state index contributed by atoms with van der Waals surface area (Å²) in [6.07, 6.45) is 6.90. The van der Waals surface area contributed by atoms with E-state index in [1.165, 1.54) is 4.90 Å². The van der Waals surface area contributed by atoms with Crippen molar-refractivity contribution in [2.45, 2.75) is 6.92 Å². The molecule has 4 nitrogen and oxygen atoms in total. The van der Waals surface area contributed by atoms with Crippen molar-refractivity contribution in [3.8, 4) is 10.6 Å². The average molecular weight is 273 g/mol. The highest BCUT2D eigenvalue weighted by atomic mass is 32.1. The maximum Gasteiger partial charge on any atom is 0.246 e. The summed E-state index contributed by atoms with van der Waals surface area (Å²) < 4.78 is 0. The number of carbonyl (C=O) groups is 1. The van der Waals surface area contributed by atoms with Crippen LogP contribution in [0.1, 0.15) is 10.6 Å². The topological polar surface area (TPSA) is 46.1 Å². The summed E-state index contributed by atoms with van der Waals surface area (Å²) in [5, 5.41) is 0.919. The molecule has 0 saturated heterocycles. The van der Waals surface area contributed by atoms with Gasteiger partial charge in [-0.25, -0.2) is 4.98 Å². The van der Waals surface area contributed by atoms with Gasteiger partial charge in [0.05, 0.1) is 10.6 Å². The molecule has 0 aliphatic heterocycles. The molecule has 0 aliphatic carbocycles. The van der Waals surface area contributed by atoms with Gasteiger partial charge in [0.15, 0.2) is 0 Å². The third-order valence-corrected chi connectivity index (χ3v) is 3.73. The zero-order valence-corrected chi connectivity index (χ0v) is 11.9. The first-order valence-corrected chi connectivity index (χ1v) is 6.67. The number of aryl methyl sites for hydroxylation is 1. The second-order valence-electron chi connectivity index (χ2n) is 4.28. The summed E-state index contributed by atoms with van der Waals surface area (Å²) >= 11 is 1.56. The number of carbonyl (C=O) groups excluding carboxylic acids is 1. The third kappa shape index (κ3) is 3.26. The fraction of sp³-hybridized carbons (Fsp3) is 0.214. The summed E-state index contributed by atoms with van der Waals surface area (Å²) in [5.74, 6) is -0.0317. The largest absolute Gasteiger partial charge is 0.345 e. The van der Waals surface area contributed by atoms with Gasteiger partial charge in [-0.05, 0) is 25.1 Å². The Balaban J connectivity index is 2.25. The van der Waals surface area contributed by atoms with Crippen LogP contribution >= 0.6 is 11.3 Å². The van der Waals surface area contributed by atoms with E-state index in [2.05, 4.69) is 9.97 Å². The first kappa shape index (κ1) is 13.4. The van der Waals surface area contributed by atoms with Crippen LogP contribution in [0, 0.1) is 6.92 Å². The van der Waals surface area contributed by atoms with Gasteiger partial charge >= 0.3 is 0 Å². The monoisotopic (exact) mass is 273 g/mol. The lowest BCUT2D eigenvalue weighted by Gasteiger charge is -2.04. The zero-order valence-electron chi connectivity index (χ0n) is 11.1. The van der Waals surface area contributed by atoms with Crippen molar-refractivity contribution in [1.29, 1.82) is 0 Å². The molecule has 0 radical (unpaired) electrons. The lowest BCUT2D eigenvalue weighted by molar-refractivity contribution is -0.123. The van der Waals surface area contributed by atoms with Crippen molar-refractivity contribution in [1.82, 2.24) is 14.9 Å². The van der Waals surface area contributed by atoms with Crippen LogP contribution in [0.25, 0.3) is 16.6 Å². The van der Waals surface area contributed by atoms with E-state index < -0.39 is 0 Å². The van der Waals surface area contributed by atoms with Gasteiger partial charge in [0, 0.05) is 38.1 Å². The molecule has 2 rings (SSSR count). The molecule has 0 aromatic carbocycles. The molecule has 0 aliphatic rings. The summed E-state index contributed by atoms with van der Waals surface area (Å²) in [5.41, 5.74) is 1.92. The minimum absolute atomic E-state index is 0.0317. The lowest BCUT2D eigenvalue weighted by atomic mass is 10.3. The number of aromatic nitrogens is 2. The molecular weight excluding hydrogens is 258 g/mol. The summed E-state index contributed by atoms with van der Waals surface area (Å²) in [4.78, 5) is 22.6. The Morgan fingerprint density at radius 3 is 2.84 bits per heavy atom. The fourth-order valence-electron chi connectivity index (χ4n) is 1.47. The highest BCUT2D eigenvalue weighted by Crippen LogP contribution is 2.28. The first-order chi connectivity index (χ1) is 9.08. The van der Waals surface area contributed by atoms with Crippen molar-refractivity contribution >= 4 is 23.3 Å². The van der Waals surface area contributed by atoms with Gasteiger partial charge in [-0.1, -0.05) is 0 Å². The van der Waals surface area contributed by atoms with Crippen LogP contribution in [0.15, 0.2) is 30.6 Å². The number of amides is 1. The molecule has 5 heteroatoms. The SMILES string of the molecule is Cc1nc(-c2cccnc2)sc1C=CC(=O)N(C)C. The lowest BCUT2D eigenvalue weighted by Crippen LogP contribution is -2.18. The number of nitrogens with zero attached hydrogens (tertiary/aromatic N) is 3. The predicted octanol–water partition coefficient (Wildman–Crippen LogP) is 2.61. The smallest absolute Gasteiger partial charge is 0.246 e. The van der Waals surface area contributed by atoms with Gasteiger partial charge in [0.25, 0.3) is 0 Å². The molecule has 0 fully saturated rings. The number of hydrogen-bond donors (Lipinski definition) is 0. The van der Waals surface area contributed by atoms with Crippen LogP contribution in [0.4, 0.5) is 0 Å².